The van der Waals surface area contributed by atoms with E-state index in [1.165, 1.54) is 11.3 Å². The molecule has 1 amide bonds. The summed E-state index contributed by atoms with van der Waals surface area (Å²) in [5.74, 6) is 0.676. The van der Waals surface area contributed by atoms with Crippen molar-refractivity contribution in [3.05, 3.63) is 40.4 Å². The predicted octanol–water partition coefficient (Wildman–Crippen LogP) is 4.35. The first kappa shape index (κ1) is 15.4. The van der Waals surface area contributed by atoms with Gasteiger partial charge < -0.3 is 19.9 Å². The fourth-order valence-corrected chi connectivity index (χ4v) is 3.96. The number of rotatable bonds is 2. The molecule has 1 aliphatic heterocycles. The van der Waals surface area contributed by atoms with E-state index in [1.807, 2.05) is 37.4 Å². The van der Waals surface area contributed by atoms with Crippen LogP contribution in [0.1, 0.15) is 16.9 Å². The molecule has 3 heterocycles. The molecule has 0 bridgehead atoms. The second kappa shape index (κ2) is 6.03. The minimum atomic E-state index is -0.174. The van der Waals surface area contributed by atoms with Gasteiger partial charge in [0.25, 0.3) is 5.91 Å². The van der Waals surface area contributed by atoms with Crippen molar-refractivity contribution in [2.75, 3.05) is 30.4 Å². The van der Waals surface area contributed by atoms with Crippen molar-refractivity contribution in [3.8, 4) is 5.75 Å². The molecule has 1 aromatic carbocycles. The number of hydrogen-bond donors (Lipinski definition) is 2. The zero-order valence-electron chi connectivity index (χ0n) is 13.1. The Balaban J connectivity index is 1.58. The van der Waals surface area contributed by atoms with Gasteiger partial charge in [-0.05, 0) is 36.8 Å². The zero-order valence-corrected chi connectivity index (χ0v) is 14.6. The van der Waals surface area contributed by atoms with Crippen molar-refractivity contribution >= 4 is 50.4 Å². The second-order valence-electron chi connectivity index (χ2n) is 5.78. The number of aromatic amines is 1. The van der Waals surface area contributed by atoms with Gasteiger partial charge >= 0.3 is 0 Å². The fourth-order valence-electron chi connectivity index (χ4n) is 2.83. The van der Waals surface area contributed by atoms with Gasteiger partial charge in [-0.25, -0.2) is 0 Å². The van der Waals surface area contributed by atoms with Crippen LogP contribution in [0.5, 0.6) is 5.75 Å². The molecule has 0 fully saturated rings. The summed E-state index contributed by atoms with van der Waals surface area (Å²) in [7, 11) is 2.03. The minimum absolute atomic E-state index is 0.174. The summed E-state index contributed by atoms with van der Waals surface area (Å²) in [5.41, 5.74) is 2.25. The molecule has 4 rings (SSSR count). The van der Waals surface area contributed by atoms with Crippen LogP contribution in [0.3, 0.4) is 0 Å². The number of H-pyrrole nitrogens is 1. The number of ether oxygens (including phenoxy) is 1. The van der Waals surface area contributed by atoms with E-state index in [1.54, 1.807) is 0 Å². The van der Waals surface area contributed by atoms with E-state index in [0.29, 0.717) is 16.6 Å². The standard InChI is InChI=1S/C17H16ClN3O2S/c1-21-5-2-6-23-14-4-3-11(9-13(14)21)19-16(22)12-7-10-8-15(18)24-17(10)20-12/h3-4,7-9,20H,2,5-6H2,1H3,(H,19,22). The van der Waals surface area contributed by atoms with E-state index < -0.39 is 0 Å². The largest absolute Gasteiger partial charge is 0.491 e. The average molecular weight is 362 g/mol. The van der Waals surface area contributed by atoms with Crippen LogP contribution >= 0.6 is 22.9 Å². The summed E-state index contributed by atoms with van der Waals surface area (Å²) in [6, 6.07) is 9.37. The molecule has 24 heavy (non-hydrogen) atoms. The number of carbonyl (C=O) groups is 1. The van der Waals surface area contributed by atoms with E-state index in [2.05, 4.69) is 15.2 Å². The van der Waals surface area contributed by atoms with Gasteiger partial charge in [-0.2, -0.15) is 0 Å². The third kappa shape index (κ3) is 2.83. The Hall–Kier alpha value is -2.18. The lowest BCUT2D eigenvalue weighted by atomic mass is 10.2. The number of halogens is 1. The smallest absolute Gasteiger partial charge is 0.272 e. The van der Waals surface area contributed by atoms with Crippen LogP contribution in [0.4, 0.5) is 11.4 Å². The van der Waals surface area contributed by atoms with Crippen LogP contribution in [0, 0.1) is 0 Å². The molecule has 0 unspecified atom stereocenters. The van der Waals surface area contributed by atoms with E-state index in [0.717, 1.165) is 40.3 Å². The van der Waals surface area contributed by atoms with Crippen molar-refractivity contribution in [1.29, 1.82) is 0 Å². The molecule has 0 spiro atoms. The van der Waals surface area contributed by atoms with Gasteiger partial charge in [0.15, 0.2) is 0 Å². The summed E-state index contributed by atoms with van der Waals surface area (Å²) in [6.45, 7) is 1.64. The molecule has 2 aromatic heterocycles. The number of nitrogens with one attached hydrogen (secondary N) is 2. The van der Waals surface area contributed by atoms with Crippen LogP contribution in [0.2, 0.25) is 4.34 Å². The summed E-state index contributed by atoms with van der Waals surface area (Å²) in [5, 5.41) is 3.88. The lowest BCUT2D eigenvalue weighted by Crippen LogP contribution is -2.18. The molecular formula is C17H16ClN3O2S. The lowest BCUT2D eigenvalue weighted by molar-refractivity contribution is 0.102. The lowest BCUT2D eigenvalue weighted by Gasteiger charge is -2.19. The Morgan fingerprint density at radius 2 is 2.25 bits per heavy atom. The molecule has 0 aliphatic carbocycles. The van der Waals surface area contributed by atoms with E-state index in [4.69, 9.17) is 16.3 Å². The molecule has 7 heteroatoms. The van der Waals surface area contributed by atoms with Crippen LogP contribution in [0.15, 0.2) is 30.3 Å². The molecule has 0 radical (unpaired) electrons. The first-order valence-corrected chi connectivity index (χ1v) is 8.87. The highest BCUT2D eigenvalue weighted by Gasteiger charge is 2.16. The maximum absolute atomic E-state index is 12.5. The van der Waals surface area contributed by atoms with Gasteiger partial charge in [0, 0.05) is 24.7 Å². The molecule has 3 aromatic rings. The number of carbonyl (C=O) groups excluding carboxylic acids is 1. The molecule has 5 nitrogen and oxygen atoms in total. The van der Waals surface area contributed by atoms with E-state index in [-0.39, 0.29) is 5.91 Å². The SMILES string of the molecule is CN1CCCOc2ccc(NC(=O)c3cc4cc(Cl)sc4[nH]3)cc21. The van der Waals surface area contributed by atoms with Gasteiger partial charge in [0.2, 0.25) is 0 Å². The Kier molecular flexibility index (Phi) is 3.86. The van der Waals surface area contributed by atoms with Gasteiger partial charge in [-0.15, -0.1) is 11.3 Å². The average Bonchev–Trinajstić information content (AvgIpc) is 3.03. The molecule has 124 valence electrons. The molecular weight excluding hydrogens is 346 g/mol. The second-order valence-corrected chi connectivity index (χ2v) is 7.46. The molecule has 0 atom stereocenters. The third-order valence-electron chi connectivity index (χ3n) is 4.05. The quantitative estimate of drug-likeness (QED) is 0.713. The number of hydrogen-bond acceptors (Lipinski definition) is 4. The normalized spacial score (nSPS) is 14.2. The van der Waals surface area contributed by atoms with Crippen LogP contribution in [-0.4, -0.2) is 31.1 Å². The summed E-state index contributed by atoms with van der Waals surface area (Å²) in [6.07, 6.45) is 0.981. The maximum atomic E-state index is 12.5. The first-order valence-electron chi connectivity index (χ1n) is 7.67. The Morgan fingerprint density at radius 3 is 3.08 bits per heavy atom. The van der Waals surface area contributed by atoms with Gasteiger partial charge in [0.05, 0.1) is 16.6 Å². The van der Waals surface area contributed by atoms with Gasteiger partial charge in [-0.1, -0.05) is 11.6 Å². The Morgan fingerprint density at radius 1 is 1.38 bits per heavy atom. The molecule has 0 saturated heterocycles. The number of nitrogens with zero attached hydrogens (tertiary/aromatic N) is 1. The van der Waals surface area contributed by atoms with E-state index >= 15 is 0 Å². The van der Waals surface area contributed by atoms with Crippen molar-refractivity contribution in [2.24, 2.45) is 0 Å². The van der Waals surface area contributed by atoms with Crippen LogP contribution in [-0.2, 0) is 0 Å². The highest BCUT2D eigenvalue weighted by molar-refractivity contribution is 7.22. The third-order valence-corrected chi connectivity index (χ3v) is 5.24. The summed E-state index contributed by atoms with van der Waals surface area (Å²) >= 11 is 7.39. The monoisotopic (exact) mass is 361 g/mol. The molecule has 2 N–H and O–H groups in total. The highest BCUT2D eigenvalue weighted by atomic mass is 35.5. The number of benzene rings is 1. The topological polar surface area (TPSA) is 57.4 Å². The summed E-state index contributed by atoms with van der Waals surface area (Å²) in [4.78, 5) is 18.6. The first-order chi connectivity index (χ1) is 11.6. The van der Waals surface area contributed by atoms with E-state index in [9.17, 15) is 4.79 Å². The van der Waals surface area contributed by atoms with Gasteiger partial charge in [-0.3, -0.25) is 4.79 Å². The minimum Gasteiger partial charge on any atom is -0.491 e. The van der Waals surface area contributed by atoms with Crippen molar-refractivity contribution in [1.82, 2.24) is 4.98 Å². The molecule has 0 saturated carbocycles. The fraction of sp³-hybridized carbons (Fsp3) is 0.235. The van der Waals surface area contributed by atoms with Crippen molar-refractivity contribution in [2.45, 2.75) is 6.42 Å². The summed E-state index contributed by atoms with van der Waals surface area (Å²) < 4.78 is 6.44. The van der Waals surface area contributed by atoms with Crippen molar-refractivity contribution < 1.29 is 9.53 Å². The number of aromatic nitrogens is 1. The predicted molar refractivity (Wildman–Crippen MR) is 99.0 cm³/mol. The van der Waals surface area contributed by atoms with Crippen molar-refractivity contribution in [3.63, 3.8) is 0 Å². The number of fused-ring (bicyclic) bond motifs is 2. The molecule has 1 aliphatic rings. The van der Waals surface area contributed by atoms with Crippen LogP contribution in [0.25, 0.3) is 10.2 Å². The van der Waals surface area contributed by atoms with Gasteiger partial charge in [0.1, 0.15) is 16.3 Å². The number of amides is 1. The van der Waals surface area contributed by atoms with Crippen LogP contribution < -0.4 is 15.0 Å². The highest BCUT2D eigenvalue weighted by Crippen LogP contribution is 2.33. The maximum Gasteiger partial charge on any atom is 0.272 e. The Labute approximate surface area is 148 Å². The zero-order chi connectivity index (χ0) is 16.7. The number of thiophene rings is 1. The Bertz CT molecular complexity index is 886. The number of anilines is 2.